The molecular formula is C19H27N3O5S. The number of fused-ring (bicyclic) bond motifs is 1. The first-order valence-corrected chi connectivity index (χ1v) is 11.4. The SMILES string of the molecule is CC(C)[C@H](Cn1c(=O)oc2ccccc21)NC(=O)C1CCN(S(C)(=O)=O)CC1. The first-order chi connectivity index (χ1) is 13.2. The van der Waals surface area contributed by atoms with Crippen molar-refractivity contribution in [3.05, 3.63) is 34.8 Å². The first kappa shape index (κ1) is 20.6. The lowest BCUT2D eigenvalue weighted by Crippen LogP contribution is -2.48. The largest absolute Gasteiger partial charge is 0.420 e. The quantitative estimate of drug-likeness (QED) is 0.777. The number of nitrogens with one attached hydrogen (secondary N) is 1. The van der Waals surface area contributed by atoms with Crippen LogP contribution in [0.4, 0.5) is 0 Å². The van der Waals surface area contributed by atoms with Gasteiger partial charge in [-0.15, -0.1) is 0 Å². The van der Waals surface area contributed by atoms with E-state index in [0.29, 0.717) is 43.6 Å². The Bertz CT molecular complexity index is 1000. The zero-order valence-corrected chi connectivity index (χ0v) is 17.2. The lowest BCUT2D eigenvalue weighted by molar-refractivity contribution is -0.127. The second-order valence-corrected chi connectivity index (χ2v) is 9.72. The number of hydrogen-bond acceptors (Lipinski definition) is 5. The topological polar surface area (TPSA) is 102 Å². The van der Waals surface area contributed by atoms with Crippen molar-refractivity contribution in [2.45, 2.75) is 39.3 Å². The molecule has 1 saturated heterocycles. The van der Waals surface area contributed by atoms with Crippen LogP contribution in [0.2, 0.25) is 0 Å². The Kier molecular flexibility index (Phi) is 5.95. The molecule has 154 valence electrons. The molecule has 1 aliphatic heterocycles. The second-order valence-electron chi connectivity index (χ2n) is 7.74. The van der Waals surface area contributed by atoms with Gasteiger partial charge in [-0.2, -0.15) is 0 Å². The number of aromatic nitrogens is 1. The summed E-state index contributed by atoms with van der Waals surface area (Å²) in [6.07, 6.45) is 2.19. The van der Waals surface area contributed by atoms with E-state index in [9.17, 15) is 18.0 Å². The van der Waals surface area contributed by atoms with Crippen molar-refractivity contribution in [2.75, 3.05) is 19.3 Å². The molecule has 1 aliphatic rings. The van der Waals surface area contributed by atoms with Crippen LogP contribution >= 0.6 is 0 Å². The monoisotopic (exact) mass is 409 g/mol. The van der Waals surface area contributed by atoms with Crippen LogP contribution in [0.1, 0.15) is 26.7 Å². The molecule has 1 atom stereocenters. The molecule has 9 heteroatoms. The standard InChI is InChI=1S/C19H27N3O5S/c1-13(2)15(12-22-16-6-4-5-7-17(16)27-19(22)24)20-18(23)14-8-10-21(11-9-14)28(3,25)26/h4-7,13-15H,8-12H2,1-3H3,(H,20,23)/t15-/m0/s1. The van der Waals surface area contributed by atoms with E-state index in [-0.39, 0.29) is 23.8 Å². The molecule has 0 unspecified atom stereocenters. The van der Waals surface area contributed by atoms with E-state index >= 15 is 0 Å². The molecule has 1 N–H and O–H groups in total. The van der Waals surface area contributed by atoms with Gasteiger partial charge in [-0.1, -0.05) is 26.0 Å². The third kappa shape index (κ3) is 4.47. The van der Waals surface area contributed by atoms with Gasteiger partial charge in [-0.05, 0) is 30.9 Å². The lowest BCUT2D eigenvalue weighted by Gasteiger charge is -2.31. The summed E-state index contributed by atoms with van der Waals surface area (Å²) in [5.41, 5.74) is 1.23. The van der Waals surface area contributed by atoms with Gasteiger partial charge in [0.25, 0.3) is 0 Å². The molecule has 0 spiro atoms. The summed E-state index contributed by atoms with van der Waals surface area (Å²) < 4.78 is 31.5. The highest BCUT2D eigenvalue weighted by Gasteiger charge is 2.30. The third-order valence-electron chi connectivity index (χ3n) is 5.38. The number of nitrogens with zero attached hydrogens (tertiary/aromatic N) is 2. The van der Waals surface area contributed by atoms with Gasteiger partial charge in [0.1, 0.15) is 0 Å². The predicted octanol–water partition coefficient (Wildman–Crippen LogP) is 1.41. The fourth-order valence-corrected chi connectivity index (χ4v) is 4.43. The molecule has 1 aromatic heterocycles. The van der Waals surface area contributed by atoms with E-state index < -0.39 is 15.8 Å². The van der Waals surface area contributed by atoms with Crippen molar-refractivity contribution in [3.8, 4) is 0 Å². The third-order valence-corrected chi connectivity index (χ3v) is 6.68. The zero-order chi connectivity index (χ0) is 20.5. The van der Waals surface area contributed by atoms with Gasteiger partial charge in [-0.3, -0.25) is 9.36 Å². The van der Waals surface area contributed by atoms with Gasteiger partial charge in [0, 0.05) is 31.6 Å². The summed E-state index contributed by atoms with van der Waals surface area (Å²) >= 11 is 0. The molecule has 8 nitrogen and oxygen atoms in total. The van der Waals surface area contributed by atoms with Crippen molar-refractivity contribution in [3.63, 3.8) is 0 Å². The Balaban J connectivity index is 1.69. The molecule has 2 aromatic rings. The van der Waals surface area contributed by atoms with Crippen LogP contribution in [-0.4, -0.2) is 48.6 Å². The Labute approximate surface area is 164 Å². The predicted molar refractivity (Wildman–Crippen MR) is 106 cm³/mol. The van der Waals surface area contributed by atoms with Gasteiger partial charge in [0.15, 0.2) is 5.58 Å². The van der Waals surface area contributed by atoms with Crippen molar-refractivity contribution in [1.82, 2.24) is 14.2 Å². The van der Waals surface area contributed by atoms with Crippen LogP contribution in [0.5, 0.6) is 0 Å². The lowest BCUT2D eigenvalue weighted by atomic mass is 9.95. The van der Waals surface area contributed by atoms with Crippen LogP contribution in [0.15, 0.2) is 33.5 Å². The average Bonchev–Trinajstić information content (AvgIpc) is 2.95. The van der Waals surface area contributed by atoms with E-state index in [1.165, 1.54) is 10.6 Å². The van der Waals surface area contributed by atoms with Crippen LogP contribution in [0.3, 0.4) is 0 Å². The van der Waals surface area contributed by atoms with Crippen LogP contribution in [-0.2, 0) is 21.4 Å². The highest BCUT2D eigenvalue weighted by atomic mass is 32.2. The molecule has 28 heavy (non-hydrogen) atoms. The fraction of sp³-hybridized carbons (Fsp3) is 0.579. The van der Waals surface area contributed by atoms with Crippen molar-refractivity contribution in [1.29, 1.82) is 0 Å². The van der Waals surface area contributed by atoms with E-state index in [0.717, 1.165) is 0 Å². The molecule has 1 fully saturated rings. The maximum absolute atomic E-state index is 12.8. The Morgan fingerprint density at radius 3 is 2.50 bits per heavy atom. The molecule has 3 rings (SSSR count). The molecular weight excluding hydrogens is 382 g/mol. The van der Waals surface area contributed by atoms with Crippen molar-refractivity contribution < 1.29 is 17.6 Å². The molecule has 0 aliphatic carbocycles. The van der Waals surface area contributed by atoms with E-state index in [1.54, 1.807) is 16.7 Å². The van der Waals surface area contributed by atoms with Gasteiger partial charge in [-0.25, -0.2) is 17.5 Å². The van der Waals surface area contributed by atoms with Crippen LogP contribution in [0.25, 0.3) is 11.1 Å². The molecule has 0 saturated carbocycles. The molecule has 1 aromatic carbocycles. The summed E-state index contributed by atoms with van der Waals surface area (Å²) in [7, 11) is -3.22. The number of rotatable bonds is 6. The maximum Gasteiger partial charge on any atom is 0.420 e. The molecule has 0 radical (unpaired) electrons. The van der Waals surface area contributed by atoms with Gasteiger partial charge >= 0.3 is 5.76 Å². The number of benzene rings is 1. The first-order valence-electron chi connectivity index (χ1n) is 9.50. The number of amides is 1. The highest BCUT2D eigenvalue weighted by molar-refractivity contribution is 7.88. The minimum atomic E-state index is -3.22. The number of carbonyl (C=O) groups is 1. The van der Waals surface area contributed by atoms with Crippen molar-refractivity contribution in [2.24, 2.45) is 11.8 Å². The number of oxazole rings is 1. The smallest absolute Gasteiger partial charge is 0.408 e. The van der Waals surface area contributed by atoms with E-state index in [4.69, 9.17) is 4.42 Å². The summed E-state index contributed by atoms with van der Waals surface area (Å²) in [4.78, 5) is 25.0. The minimum absolute atomic E-state index is 0.0901. The highest BCUT2D eigenvalue weighted by Crippen LogP contribution is 2.20. The molecule has 2 heterocycles. The number of sulfonamides is 1. The Morgan fingerprint density at radius 2 is 1.89 bits per heavy atom. The average molecular weight is 410 g/mol. The number of hydrogen-bond donors (Lipinski definition) is 1. The maximum atomic E-state index is 12.8. The minimum Gasteiger partial charge on any atom is -0.408 e. The summed E-state index contributed by atoms with van der Waals surface area (Å²) in [6.45, 7) is 5.01. The van der Waals surface area contributed by atoms with E-state index in [1.807, 2.05) is 26.0 Å². The van der Waals surface area contributed by atoms with Crippen molar-refractivity contribution >= 4 is 27.0 Å². The summed E-state index contributed by atoms with van der Waals surface area (Å²) in [5.74, 6) is -0.645. The second kappa shape index (κ2) is 8.08. The Morgan fingerprint density at radius 1 is 1.25 bits per heavy atom. The van der Waals surface area contributed by atoms with Crippen LogP contribution in [0, 0.1) is 11.8 Å². The van der Waals surface area contributed by atoms with E-state index in [2.05, 4.69) is 5.32 Å². The normalized spacial score (nSPS) is 17.9. The van der Waals surface area contributed by atoms with Gasteiger partial charge in [0.05, 0.1) is 11.8 Å². The molecule has 1 amide bonds. The fourth-order valence-electron chi connectivity index (χ4n) is 3.56. The van der Waals surface area contributed by atoms with Gasteiger partial charge < -0.3 is 9.73 Å². The number of piperidine rings is 1. The van der Waals surface area contributed by atoms with Crippen LogP contribution < -0.4 is 11.1 Å². The number of carbonyl (C=O) groups excluding carboxylic acids is 1. The molecule has 0 bridgehead atoms. The zero-order valence-electron chi connectivity index (χ0n) is 16.4. The number of para-hydroxylation sites is 2. The Hall–Kier alpha value is -2.13. The summed E-state index contributed by atoms with van der Waals surface area (Å²) in [5, 5.41) is 3.06. The van der Waals surface area contributed by atoms with Gasteiger partial charge in [0.2, 0.25) is 15.9 Å². The summed E-state index contributed by atoms with van der Waals surface area (Å²) in [6, 6.07) is 6.97.